The SMILES string of the molecule is CCNc1cccc(-c2nncn2C)c1. The number of nitrogens with one attached hydrogen (secondary N) is 1. The lowest BCUT2D eigenvalue weighted by molar-refractivity contribution is 0.920. The van der Waals surface area contributed by atoms with Gasteiger partial charge in [-0.2, -0.15) is 0 Å². The summed E-state index contributed by atoms with van der Waals surface area (Å²) in [7, 11) is 1.94. The molecule has 0 saturated heterocycles. The van der Waals surface area contributed by atoms with E-state index in [1.807, 2.05) is 29.8 Å². The summed E-state index contributed by atoms with van der Waals surface area (Å²) in [5.74, 6) is 0.884. The number of aryl methyl sites for hydroxylation is 1. The van der Waals surface area contributed by atoms with Crippen LogP contribution in [0.4, 0.5) is 5.69 Å². The minimum atomic E-state index is 0.884. The maximum absolute atomic E-state index is 4.07. The van der Waals surface area contributed by atoms with Gasteiger partial charge in [-0.1, -0.05) is 12.1 Å². The molecule has 1 heterocycles. The monoisotopic (exact) mass is 202 g/mol. The second-order valence-corrected chi connectivity index (χ2v) is 3.38. The van der Waals surface area contributed by atoms with Crippen LogP contribution < -0.4 is 5.32 Å². The fourth-order valence-electron chi connectivity index (χ4n) is 1.52. The van der Waals surface area contributed by atoms with Crippen LogP contribution in [0, 0.1) is 0 Å². The lowest BCUT2D eigenvalue weighted by Gasteiger charge is -2.05. The van der Waals surface area contributed by atoms with Gasteiger partial charge in [-0.3, -0.25) is 0 Å². The fraction of sp³-hybridized carbons (Fsp3) is 0.273. The van der Waals surface area contributed by atoms with Gasteiger partial charge in [0.25, 0.3) is 0 Å². The highest BCUT2D eigenvalue weighted by Crippen LogP contribution is 2.19. The molecule has 78 valence electrons. The van der Waals surface area contributed by atoms with Crippen molar-refractivity contribution in [3.63, 3.8) is 0 Å². The average Bonchev–Trinajstić information content (AvgIpc) is 2.65. The highest BCUT2D eigenvalue weighted by molar-refractivity contribution is 5.62. The van der Waals surface area contributed by atoms with Crippen molar-refractivity contribution in [3.8, 4) is 11.4 Å². The zero-order valence-electron chi connectivity index (χ0n) is 8.94. The van der Waals surface area contributed by atoms with E-state index in [0.29, 0.717) is 0 Å². The van der Waals surface area contributed by atoms with Gasteiger partial charge in [-0.25, -0.2) is 0 Å². The Labute approximate surface area is 89.0 Å². The van der Waals surface area contributed by atoms with Gasteiger partial charge < -0.3 is 9.88 Å². The van der Waals surface area contributed by atoms with Crippen LogP contribution >= 0.6 is 0 Å². The van der Waals surface area contributed by atoms with Crippen molar-refractivity contribution < 1.29 is 0 Å². The minimum Gasteiger partial charge on any atom is -0.385 e. The number of anilines is 1. The van der Waals surface area contributed by atoms with Crippen LogP contribution in [-0.4, -0.2) is 21.3 Å². The molecule has 0 fully saturated rings. The van der Waals surface area contributed by atoms with E-state index in [4.69, 9.17) is 0 Å². The molecule has 0 bridgehead atoms. The summed E-state index contributed by atoms with van der Waals surface area (Å²) in [5, 5.41) is 11.2. The van der Waals surface area contributed by atoms with Crippen LogP contribution in [-0.2, 0) is 7.05 Å². The second-order valence-electron chi connectivity index (χ2n) is 3.38. The van der Waals surface area contributed by atoms with Crippen LogP contribution in [0.15, 0.2) is 30.6 Å². The van der Waals surface area contributed by atoms with Crippen molar-refractivity contribution in [1.29, 1.82) is 0 Å². The van der Waals surface area contributed by atoms with Gasteiger partial charge >= 0.3 is 0 Å². The topological polar surface area (TPSA) is 42.7 Å². The molecule has 0 aliphatic carbocycles. The second kappa shape index (κ2) is 4.13. The molecule has 0 aliphatic heterocycles. The van der Waals surface area contributed by atoms with Gasteiger partial charge in [-0.05, 0) is 19.1 Å². The van der Waals surface area contributed by atoms with E-state index in [2.05, 4.69) is 28.5 Å². The van der Waals surface area contributed by atoms with Gasteiger partial charge in [0.2, 0.25) is 0 Å². The van der Waals surface area contributed by atoms with Gasteiger partial charge in [0.1, 0.15) is 6.33 Å². The molecule has 2 aromatic rings. The summed E-state index contributed by atoms with van der Waals surface area (Å²) >= 11 is 0. The summed E-state index contributed by atoms with van der Waals surface area (Å²) in [5.41, 5.74) is 2.19. The van der Waals surface area contributed by atoms with Crippen LogP contribution in [0.2, 0.25) is 0 Å². The Morgan fingerprint density at radius 2 is 2.27 bits per heavy atom. The number of aromatic nitrogens is 3. The van der Waals surface area contributed by atoms with E-state index < -0.39 is 0 Å². The zero-order valence-corrected chi connectivity index (χ0v) is 8.94. The summed E-state index contributed by atoms with van der Waals surface area (Å²) in [6.07, 6.45) is 1.70. The van der Waals surface area contributed by atoms with E-state index >= 15 is 0 Å². The molecule has 4 nitrogen and oxygen atoms in total. The molecule has 0 atom stereocenters. The summed E-state index contributed by atoms with van der Waals surface area (Å²) in [4.78, 5) is 0. The smallest absolute Gasteiger partial charge is 0.163 e. The maximum atomic E-state index is 4.07. The number of nitrogens with zero attached hydrogens (tertiary/aromatic N) is 3. The molecular formula is C11H14N4. The molecule has 0 saturated carbocycles. The van der Waals surface area contributed by atoms with Crippen LogP contribution in [0.3, 0.4) is 0 Å². The van der Waals surface area contributed by atoms with E-state index in [-0.39, 0.29) is 0 Å². The van der Waals surface area contributed by atoms with Gasteiger partial charge in [0, 0.05) is 24.8 Å². The Morgan fingerprint density at radius 1 is 1.40 bits per heavy atom. The molecule has 1 aromatic carbocycles. The average molecular weight is 202 g/mol. The van der Waals surface area contributed by atoms with Crippen molar-refractivity contribution >= 4 is 5.69 Å². The minimum absolute atomic E-state index is 0.884. The summed E-state index contributed by atoms with van der Waals surface area (Å²) < 4.78 is 1.91. The lowest BCUT2D eigenvalue weighted by atomic mass is 10.2. The predicted molar refractivity (Wildman–Crippen MR) is 60.6 cm³/mol. The van der Waals surface area contributed by atoms with E-state index in [0.717, 1.165) is 23.6 Å². The lowest BCUT2D eigenvalue weighted by Crippen LogP contribution is -1.97. The molecule has 0 spiro atoms. The number of hydrogen-bond donors (Lipinski definition) is 1. The third-order valence-electron chi connectivity index (χ3n) is 2.21. The highest BCUT2D eigenvalue weighted by atomic mass is 15.2. The third-order valence-corrected chi connectivity index (χ3v) is 2.21. The van der Waals surface area contributed by atoms with Crippen molar-refractivity contribution in [3.05, 3.63) is 30.6 Å². The van der Waals surface area contributed by atoms with Crippen LogP contribution in [0.1, 0.15) is 6.92 Å². The fourth-order valence-corrected chi connectivity index (χ4v) is 1.52. The van der Waals surface area contributed by atoms with Gasteiger partial charge in [0.05, 0.1) is 0 Å². The maximum Gasteiger partial charge on any atom is 0.163 e. The standard InChI is InChI=1S/C11H14N4/c1-3-12-10-6-4-5-9(7-10)11-14-13-8-15(11)2/h4-8,12H,3H2,1-2H3. The summed E-state index contributed by atoms with van der Waals surface area (Å²) in [6.45, 7) is 3.00. The van der Waals surface area contributed by atoms with Crippen molar-refractivity contribution in [2.24, 2.45) is 7.05 Å². The molecule has 0 aliphatic rings. The quantitative estimate of drug-likeness (QED) is 0.826. The van der Waals surface area contributed by atoms with Crippen LogP contribution in [0.25, 0.3) is 11.4 Å². The molecule has 0 radical (unpaired) electrons. The predicted octanol–water partition coefficient (Wildman–Crippen LogP) is 1.91. The van der Waals surface area contributed by atoms with Gasteiger partial charge in [-0.15, -0.1) is 10.2 Å². The first kappa shape index (κ1) is 9.71. The van der Waals surface area contributed by atoms with Crippen molar-refractivity contribution in [1.82, 2.24) is 14.8 Å². The third kappa shape index (κ3) is 1.98. The molecule has 15 heavy (non-hydrogen) atoms. The Bertz CT molecular complexity index is 447. The number of hydrogen-bond acceptors (Lipinski definition) is 3. The Hall–Kier alpha value is -1.84. The first-order chi connectivity index (χ1) is 7.31. The number of rotatable bonds is 3. The van der Waals surface area contributed by atoms with Crippen molar-refractivity contribution in [2.75, 3.05) is 11.9 Å². The Balaban J connectivity index is 2.37. The van der Waals surface area contributed by atoms with Crippen molar-refractivity contribution in [2.45, 2.75) is 6.92 Å². The largest absolute Gasteiger partial charge is 0.385 e. The molecule has 2 rings (SSSR count). The zero-order chi connectivity index (χ0) is 10.7. The molecular weight excluding hydrogens is 188 g/mol. The molecule has 1 N–H and O–H groups in total. The van der Waals surface area contributed by atoms with Crippen LogP contribution in [0.5, 0.6) is 0 Å². The normalized spacial score (nSPS) is 10.3. The molecule has 0 amide bonds. The molecule has 1 aromatic heterocycles. The highest BCUT2D eigenvalue weighted by Gasteiger charge is 2.04. The van der Waals surface area contributed by atoms with E-state index in [9.17, 15) is 0 Å². The Morgan fingerprint density at radius 3 is 2.93 bits per heavy atom. The molecule has 4 heteroatoms. The first-order valence-electron chi connectivity index (χ1n) is 4.99. The summed E-state index contributed by atoms with van der Waals surface area (Å²) in [6, 6.07) is 8.17. The number of benzene rings is 1. The van der Waals surface area contributed by atoms with Gasteiger partial charge in [0.15, 0.2) is 5.82 Å². The van der Waals surface area contributed by atoms with E-state index in [1.165, 1.54) is 0 Å². The first-order valence-corrected chi connectivity index (χ1v) is 4.99. The van der Waals surface area contributed by atoms with E-state index in [1.54, 1.807) is 6.33 Å². The molecule has 0 unspecified atom stereocenters. The Kier molecular flexibility index (Phi) is 2.67.